The maximum atomic E-state index is 11.7. The molecular weight excluding hydrogens is 246 g/mol. The molecule has 1 heterocycles. The van der Waals surface area contributed by atoms with Gasteiger partial charge in [0.1, 0.15) is 5.82 Å². The average Bonchev–Trinajstić information content (AvgIpc) is 2.39. The van der Waals surface area contributed by atoms with Crippen LogP contribution in [0.15, 0.2) is 12.3 Å². The molecule has 0 spiro atoms. The molecule has 1 aromatic heterocycles. The summed E-state index contributed by atoms with van der Waals surface area (Å²) in [5.74, 6) is 0.266. The number of hydrogen-bond acceptors (Lipinski definition) is 6. The molecule has 0 saturated heterocycles. The van der Waals surface area contributed by atoms with Crippen LogP contribution in [-0.4, -0.2) is 44.9 Å². The number of methoxy groups -OCH3 is 1. The fourth-order valence-electron chi connectivity index (χ4n) is 1.61. The predicted octanol–water partition coefficient (Wildman–Crippen LogP) is 1.31. The van der Waals surface area contributed by atoms with Gasteiger partial charge in [-0.2, -0.15) is 0 Å². The van der Waals surface area contributed by atoms with Crippen molar-refractivity contribution in [3.8, 4) is 0 Å². The van der Waals surface area contributed by atoms with E-state index in [9.17, 15) is 4.79 Å². The molecule has 0 unspecified atom stereocenters. The lowest BCUT2D eigenvalue weighted by Gasteiger charge is -2.18. The number of esters is 1. The Bertz CT molecular complexity index is 424. The van der Waals surface area contributed by atoms with Crippen LogP contribution in [0.1, 0.15) is 23.7 Å². The lowest BCUT2D eigenvalue weighted by Crippen LogP contribution is -2.21. The third-order valence-electron chi connectivity index (χ3n) is 2.65. The number of ether oxygens (including phenoxy) is 2. The normalized spacial score (nSPS) is 10.3. The van der Waals surface area contributed by atoms with Gasteiger partial charge in [-0.25, -0.2) is 9.78 Å². The predicted molar refractivity (Wildman–Crippen MR) is 74.4 cm³/mol. The molecule has 0 amide bonds. The number of rotatable bonds is 7. The van der Waals surface area contributed by atoms with Gasteiger partial charge in [0.2, 0.25) is 0 Å². The highest BCUT2D eigenvalue weighted by Crippen LogP contribution is 2.18. The number of nitrogens with two attached hydrogens (primary N) is 1. The molecule has 1 aromatic rings. The Morgan fingerprint density at radius 3 is 2.89 bits per heavy atom. The molecule has 106 valence electrons. The van der Waals surface area contributed by atoms with Gasteiger partial charge in [-0.05, 0) is 19.4 Å². The fraction of sp³-hybridized carbons (Fsp3) is 0.538. The average molecular weight is 267 g/mol. The molecule has 0 aliphatic heterocycles. The first-order chi connectivity index (χ1) is 9.10. The molecule has 0 aromatic carbocycles. The summed E-state index contributed by atoms with van der Waals surface area (Å²) in [6, 6.07) is 1.65. The first-order valence-electron chi connectivity index (χ1n) is 6.22. The van der Waals surface area contributed by atoms with Crippen LogP contribution < -0.4 is 10.6 Å². The number of carbonyl (C=O) groups excluding carboxylic acids is 1. The van der Waals surface area contributed by atoms with Crippen molar-refractivity contribution in [2.75, 3.05) is 44.5 Å². The van der Waals surface area contributed by atoms with Crippen LogP contribution >= 0.6 is 0 Å². The molecule has 19 heavy (non-hydrogen) atoms. The summed E-state index contributed by atoms with van der Waals surface area (Å²) in [6.45, 7) is 3.55. The molecule has 0 saturated carbocycles. The first kappa shape index (κ1) is 15.2. The Kier molecular flexibility index (Phi) is 6.08. The number of aromatic nitrogens is 1. The monoisotopic (exact) mass is 267 g/mol. The highest BCUT2D eigenvalue weighted by Gasteiger charge is 2.14. The van der Waals surface area contributed by atoms with Crippen molar-refractivity contribution in [2.45, 2.75) is 13.3 Å². The zero-order chi connectivity index (χ0) is 14.3. The largest absolute Gasteiger partial charge is 0.462 e. The van der Waals surface area contributed by atoms with E-state index in [1.165, 1.54) is 6.20 Å². The third kappa shape index (κ3) is 4.40. The Morgan fingerprint density at radius 2 is 2.26 bits per heavy atom. The topological polar surface area (TPSA) is 77.7 Å². The van der Waals surface area contributed by atoms with Crippen LogP contribution in [0.4, 0.5) is 11.5 Å². The van der Waals surface area contributed by atoms with Gasteiger partial charge in [0.05, 0.1) is 24.1 Å². The summed E-state index contributed by atoms with van der Waals surface area (Å²) < 4.78 is 9.96. The van der Waals surface area contributed by atoms with Gasteiger partial charge in [-0.15, -0.1) is 0 Å². The second kappa shape index (κ2) is 7.58. The van der Waals surface area contributed by atoms with Gasteiger partial charge in [0.25, 0.3) is 0 Å². The summed E-state index contributed by atoms with van der Waals surface area (Å²) >= 11 is 0. The van der Waals surface area contributed by atoms with Crippen molar-refractivity contribution in [2.24, 2.45) is 0 Å². The smallest absolute Gasteiger partial charge is 0.340 e. The minimum absolute atomic E-state index is 0.319. The summed E-state index contributed by atoms with van der Waals surface area (Å²) in [6.07, 6.45) is 2.36. The zero-order valence-electron chi connectivity index (χ0n) is 11.7. The van der Waals surface area contributed by atoms with Crippen molar-refractivity contribution in [1.82, 2.24) is 4.98 Å². The number of hydrogen-bond donors (Lipinski definition) is 1. The second-order valence-electron chi connectivity index (χ2n) is 4.12. The molecule has 0 atom stereocenters. The van der Waals surface area contributed by atoms with Crippen molar-refractivity contribution in [3.63, 3.8) is 0 Å². The van der Waals surface area contributed by atoms with E-state index in [0.29, 0.717) is 30.3 Å². The lowest BCUT2D eigenvalue weighted by atomic mass is 10.2. The Hall–Kier alpha value is -1.82. The van der Waals surface area contributed by atoms with Crippen LogP contribution in [0, 0.1) is 0 Å². The fourth-order valence-corrected chi connectivity index (χ4v) is 1.61. The van der Waals surface area contributed by atoms with Crippen LogP contribution in [0.2, 0.25) is 0 Å². The summed E-state index contributed by atoms with van der Waals surface area (Å²) in [5.41, 5.74) is 6.42. The lowest BCUT2D eigenvalue weighted by molar-refractivity contribution is 0.0527. The number of nitrogen functional groups attached to an aromatic ring is 1. The quantitative estimate of drug-likeness (QED) is 0.593. The van der Waals surface area contributed by atoms with Gasteiger partial charge in [-0.3, -0.25) is 0 Å². The highest BCUT2D eigenvalue weighted by atomic mass is 16.5. The molecule has 0 aliphatic carbocycles. The van der Waals surface area contributed by atoms with E-state index < -0.39 is 5.97 Å². The van der Waals surface area contributed by atoms with E-state index in [2.05, 4.69) is 4.98 Å². The number of pyridine rings is 1. The minimum Gasteiger partial charge on any atom is -0.462 e. The van der Waals surface area contributed by atoms with Gasteiger partial charge >= 0.3 is 5.97 Å². The molecule has 6 nitrogen and oxygen atoms in total. The minimum atomic E-state index is -0.422. The molecule has 2 N–H and O–H groups in total. The van der Waals surface area contributed by atoms with Gasteiger partial charge < -0.3 is 20.1 Å². The van der Waals surface area contributed by atoms with E-state index in [1.807, 2.05) is 11.9 Å². The van der Waals surface area contributed by atoms with Crippen molar-refractivity contribution < 1.29 is 14.3 Å². The van der Waals surface area contributed by atoms with Gasteiger partial charge in [-0.1, -0.05) is 0 Å². The standard InChI is InChI=1S/C13H21N3O3/c1-4-19-13(17)10-8-12(15-9-11(10)14)16(2)6-5-7-18-3/h8-9H,4-7,14H2,1-3H3. The molecular formula is C13H21N3O3. The van der Waals surface area contributed by atoms with Gasteiger partial charge in [0, 0.05) is 27.3 Å². The molecule has 0 aliphatic rings. The Balaban J connectivity index is 2.80. The van der Waals surface area contributed by atoms with E-state index in [0.717, 1.165) is 13.0 Å². The number of nitrogens with zero attached hydrogens (tertiary/aromatic N) is 2. The highest BCUT2D eigenvalue weighted by molar-refractivity contribution is 5.95. The zero-order valence-corrected chi connectivity index (χ0v) is 11.7. The third-order valence-corrected chi connectivity index (χ3v) is 2.65. The van der Waals surface area contributed by atoms with Crippen LogP contribution in [0.5, 0.6) is 0 Å². The van der Waals surface area contributed by atoms with Crippen LogP contribution in [0.3, 0.4) is 0 Å². The van der Waals surface area contributed by atoms with Crippen molar-refractivity contribution >= 4 is 17.5 Å². The molecule has 0 fully saturated rings. The Morgan fingerprint density at radius 1 is 1.53 bits per heavy atom. The molecule has 0 radical (unpaired) electrons. The van der Waals surface area contributed by atoms with Crippen molar-refractivity contribution in [1.29, 1.82) is 0 Å². The molecule has 0 bridgehead atoms. The van der Waals surface area contributed by atoms with Crippen LogP contribution in [0.25, 0.3) is 0 Å². The second-order valence-corrected chi connectivity index (χ2v) is 4.12. The first-order valence-corrected chi connectivity index (χ1v) is 6.22. The van der Waals surface area contributed by atoms with E-state index in [-0.39, 0.29) is 0 Å². The Labute approximate surface area is 113 Å². The summed E-state index contributed by atoms with van der Waals surface area (Å²) in [7, 11) is 3.57. The SMILES string of the molecule is CCOC(=O)c1cc(N(C)CCCOC)ncc1N. The molecule has 1 rings (SSSR count). The van der Waals surface area contributed by atoms with E-state index in [1.54, 1.807) is 20.1 Å². The van der Waals surface area contributed by atoms with Crippen molar-refractivity contribution in [3.05, 3.63) is 17.8 Å². The number of carbonyl (C=O) groups is 1. The van der Waals surface area contributed by atoms with Crippen LogP contribution in [-0.2, 0) is 9.47 Å². The number of anilines is 2. The van der Waals surface area contributed by atoms with Gasteiger partial charge in [0.15, 0.2) is 0 Å². The summed E-state index contributed by atoms with van der Waals surface area (Å²) in [5, 5.41) is 0. The van der Waals surface area contributed by atoms with E-state index in [4.69, 9.17) is 15.2 Å². The maximum Gasteiger partial charge on any atom is 0.340 e. The molecule has 6 heteroatoms. The summed E-state index contributed by atoms with van der Waals surface area (Å²) in [4.78, 5) is 17.9. The van der Waals surface area contributed by atoms with E-state index >= 15 is 0 Å². The maximum absolute atomic E-state index is 11.7.